The Morgan fingerprint density at radius 3 is 2.41 bits per heavy atom. The predicted octanol–water partition coefficient (Wildman–Crippen LogP) is 4.31. The molecule has 0 fully saturated rings. The van der Waals surface area contributed by atoms with Crippen LogP contribution >= 0.6 is 22.9 Å². The number of nitrogens with zero attached hydrogens (tertiary/aromatic N) is 1. The summed E-state index contributed by atoms with van der Waals surface area (Å²) in [7, 11) is -0.908. The van der Waals surface area contributed by atoms with Gasteiger partial charge in [0, 0.05) is 19.0 Å². The molecule has 0 aliphatic heterocycles. The van der Waals surface area contributed by atoms with Crippen LogP contribution in [-0.4, -0.2) is 32.7 Å². The Hall–Kier alpha value is -2.26. The molecule has 5 nitrogen and oxygen atoms in total. The molecule has 0 spiro atoms. The Bertz CT molecular complexity index is 1120. The van der Waals surface area contributed by atoms with E-state index in [-0.39, 0.29) is 21.3 Å². The van der Waals surface area contributed by atoms with Crippen molar-refractivity contribution in [3.8, 4) is 0 Å². The third-order valence-corrected chi connectivity index (χ3v) is 7.35. The van der Waals surface area contributed by atoms with E-state index in [0.29, 0.717) is 5.56 Å². The van der Waals surface area contributed by atoms with Crippen LogP contribution < -0.4 is 5.32 Å². The van der Waals surface area contributed by atoms with Gasteiger partial charge < -0.3 is 5.32 Å². The molecule has 29 heavy (non-hydrogen) atoms. The van der Waals surface area contributed by atoms with Gasteiger partial charge in [0.05, 0.1) is 21.5 Å². The number of benzene rings is 2. The maximum atomic E-state index is 13.3. The number of nitrogens with one attached hydrogen (secondary N) is 1. The fraction of sp³-hybridized carbons (Fsp3) is 0.150. The molecule has 0 radical (unpaired) electrons. The van der Waals surface area contributed by atoms with E-state index in [9.17, 15) is 17.6 Å². The molecule has 0 saturated carbocycles. The normalized spacial score (nSPS) is 12.7. The number of sulfonamides is 1. The first-order chi connectivity index (χ1) is 13.7. The van der Waals surface area contributed by atoms with Crippen molar-refractivity contribution in [3.05, 3.63) is 86.8 Å². The minimum Gasteiger partial charge on any atom is -0.340 e. The van der Waals surface area contributed by atoms with Crippen LogP contribution in [0.5, 0.6) is 0 Å². The Labute approximate surface area is 177 Å². The Morgan fingerprint density at radius 2 is 1.83 bits per heavy atom. The molecule has 0 aliphatic rings. The highest BCUT2D eigenvalue weighted by atomic mass is 35.5. The van der Waals surface area contributed by atoms with E-state index in [4.69, 9.17) is 11.6 Å². The van der Waals surface area contributed by atoms with Crippen LogP contribution in [0.1, 0.15) is 26.8 Å². The molecule has 152 valence electrons. The molecule has 0 bridgehead atoms. The Morgan fingerprint density at radius 1 is 1.14 bits per heavy atom. The zero-order chi connectivity index (χ0) is 21.2. The molecule has 2 aromatic carbocycles. The molecule has 1 atom stereocenters. The van der Waals surface area contributed by atoms with Crippen molar-refractivity contribution in [2.75, 3.05) is 14.1 Å². The third kappa shape index (κ3) is 4.67. The molecule has 0 aliphatic carbocycles. The van der Waals surface area contributed by atoms with Crippen molar-refractivity contribution in [3.63, 3.8) is 0 Å². The predicted molar refractivity (Wildman–Crippen MR) is 112 cm³/mol. The zero-order valence-corrected chi connectivity index (χ0v) is 18.0. The third-order valence-electron chi connectivity index (χ3n) is 4.27. The molecule has 1 N–H and O–H groups in total. The van der Waals surface area contributed by atoms with Gasteiger partial charge in [0.25, 0.3) is 5.91 Å². The van der Waals surface area contributed by atoms with Gasteiger partial charge in [0.1, 0.15) is 5.82 Å². The lowest BCUT2D eigenvalue weighted by molar-refractivity contribution is 0.0943. The molecule has 3 aromatic rings. The lowest BCUT2D eigenvalue weighted by Gasteiger charge is -2.19. The quantitative estimate of drug-likeness (QED) is 0.606. The van der Waals surface area contributed by atoms with Crippen molar-refractivity contribution in [1.82, 2.24) is 9.62 Å². The summed E-state index contributed by atoms with van der Waals surface area (Å²) in [4.78, 5) is 13.8. The fourth-order valence-corrected chi connectivity index (χ4v) is 4.62. The SMILES string of the molecule is CN(C)S(=O)(=O)c1ccc(Cl)c(C(=O)N[C@@H](c2ccc(F)cc2)c2cccs2)c1. The summed E-state index contributed by atoms with van der Waals surface area (Å²) in [6.45, 7) is 0. The number of hydrogen-bond acceptors (Lipinski definition) is 4. The summed E-state index contributed by atoms with van der Waals surface area (Å²) in [6, 6.07) is 13.0. The molecule has 1 heterocycles. The van der Waals surface area contributed by atoms with Crippen LogP contribution in [0.4, 0.5) is 4.39 Å². The second-order valence-electron chi connectivity index (χ2n) is 6.40. The van der Waals surface area contributed by atoms with Crippen LogP contribution in [0.3, 0.4) is 0 Å². The smallest absolute Gasteiger partial charge is 0.253 e. The van der Waals surface area contributed by atoms with Gasteiger partial charge in [0.15, 0.2) is 0 Å². The molecule has 1 aromatic heterocycles. The number of amides is 1. The topological polar surface area (TPSA) is 66.5 Å². The van der Waals surface area contributed by atoms with E-state index < -0.39 is 22.0 Å². The fourth-order valence-electron chi connectivity index (χ4n) is 2.69. The summed E-state index contributed by atoms with van der Waals surface area (Å²) in [5.74, 6) is -0.914. The van der Waals surface area contributed by atoms with Crippen LogP contribution in [0, 0.1) is 5.82 Å². The highest BCUT2D eigenvalue weighted by Crippen LogP contribution is 2.28. The number of hydrogen-bond donors (Lipinski definition) is 1. The lowest BCUT2D eigenvalue weighted by Crippen LogP contribution is -2.29. The summed E-state index contributed by atoms with van der Waals surface area (Å²) in [5, 5.41) is 4.88. The zero-order valence-electron chi connectivity index (χ0n) is 15.6. The van der Waals surface area contributed by atoms with Gasteiger partial charge in [-0.15, -0.1) is 11.3 Å². The molecule has 0 saturated heterocycles. The van der Waals surface area contributed by atoms with Gasteiger partial charge in [-0.2, -0.15) is 0 Å². The maximum Gasteiger partial charge on any atom is 0.253 e. The van der Waals surface area contributed by atoms with Gasteiger partial charge in [-0.25, -0.2) is 17.1 Å². The second kappa shape index (κ2) is 8.62. The largest absolute Gasteiger partial charge is 0.340 e. The molecule has 9 heteroatoms. The monoisotopic (exact) mass is 452 g/mol. The number of halogens is 2. The first-order valence-corrected chi connectivity index (χ1v) is 11.2. The van der Waals surface area contributed by atoms with Crippen LogP contribution in [0.25, 0.3) is 0 Å². The molecule has 1 amide bonds. The van der Waals surface area contributed by atoms with Crippen LogP contribution in [0.2, 0.25) is 5.02 Å². The summed E-state index contributed by atoms with van der Waals surface area (Å²) < 4.78 is 39.2. The van der Waals surface area contributed by atoms with E-state index in [1.807, 2.05) is 17.5 Å². The second-order valence-corrected chi connectivity index (χ2v) is 9.94. The van der Waals surface area contributed by atoms with Gasteiger partial charge in [-0.3, -0.25) is 4.79 Å². The number of thiophene rings is 1. The minimum atomic E-state index is -3.72. The summed E-state index contributed by atoms with van der Waals surface area (Å²) >= 11 is 7.62. The number of rotatable bonds is 6. The average molecular weight is 453 g/mol. The number of carbonyl (C=O) groups is 1. The van der Waals surface area contributed by atoms with Crippen molar-refractivity contribution in [1.29, 1.82) is 0 Å². The van der Waals surface area contributed by atoms with Crippen LogP contribution in [-0.2, 0) is 10.0 Å². The van der Waals surface area contributed by atoms with Gasteiger partial charge >= 0.3 is 0 Å². The van der Waals surface area contributed by atoms with E-state index in [1.54, 1.807) is 12.1 Å². The van der Waals surface area contributed by atoms with Gasteiger partial charge in [-0.05, 0) is 47.3 Å². The highest BCUT2D eigenvalue weighted by molar-refractivity contribution is 7.89. The van der Waals surface area contributed by atoms with Crippen molar-refractivity contribution >= 4 is 38.9 Å². The Balaban J connectivity index is 1.97. The van der Waals surface area contributed by atoms with Gasteiger partial charge in [0.2, 0.25) is 10.0 Å². The molecular formula is C20H18ClFN2O3S2. The standard InChI is InChI=1S/C20H18ClFN2O3S2/c1-24(2)29(26,27)15-9-10-17(21)16(12-15)20(25)23-19(18-4-3-11-28-18)13-5-7-14(22)8-6-13/h3-12,19H,1-2H3,(H,23,25)/t19-/m0/s1. The molecular weight excluding hydrogens is 435 g/mol. The van der Waals surface area contributed by atoms with Crippen LogP contribution in [0.15, 0.2) is 64.9 Å². The highest BCUT2D eigenvalue weighted by Gasteiger charge is 2.23. The Kier molecular flexibility index (Phi) is 6.38. The van der Waals surface area contributed by atoms with E-state index in [1.165, 1.54) is 55.8 Å². The molecule has 0 unspecified atom stereocenters. The van der Waals surface area contributed by atoms with E-state index in [0.717, 1.165) is 9.18 Å². The first-order valence-electron chi connectivity index (χ1n) is 8.52. The van der Waals surface area contributed by atoms with Crippen molar-refractivity contribution in [2.24, 2.45) is 0 Å². The summed E-state index contributed by atoms with van der Waals surface area (Å²) in [5.41, 5.74) is 0.730. The van der Waals surface area contributed by atoms with Crippen molar-refractivity contribution < 1.29 is 17.6 Å². The average Bonchev–Trinajstić information content (AvgIpc) is 3.21. The maximum absolute atomic E-state index is 13.3. The van der Waals surface area contributed by atoms with E-state index in [2.05, 4.69) is 5.32 Å². The number of carbonyl (C=O) groups excluding carboxylic acids is 1. The lowest BCUT2D eigenvalue weighted by atomic mass is 10.0. The van der Waals surface area contributed by atoms with Gasteiger partial charge in [-0.1, -0.05) is 29.8 Å². The van der Waals surface area contributed by atoms with E-state index >= 15 is 0 Å². The summed E-state index contributed by atoms with van der Waals surface area (Å²) in [6.07, 6.45) is 0. The molecule has 3 rings (SSSR count). The minimum absolute atomic E-state index is 0.0356. The first kappa shape index (κ1) is 21.4. The van der Waals surface area contributed by atoms with Crippen molar-refractivity contribution in [2.45, 2.75) is 10.9 Å².